The van der Waals surface area contributed by atoms with Gasteiger partial charge in [-0.3, -0.25) is 9.88 Å². The van der Waals surface area contributed by atoms with Gasteiger partial charge in [0, 0.05) is 30.4 Å². The molecule has 0 radical (unpaired) electrons. The van der Waals surface area contributed by atoms with Crippen LogP contribution >= 0.6 is 0 Å². The molecule has 0 spiro atoms. The number of hydrogen-bond donors (Lipinski definition) is 1. The molecular weight excluding hydrogens is 240 g/mol. The Bertz CT molecular complexity index is 458. The van der Waals surface area contributed by atoms with Crippen LogP contribution in [0.3, 0.4) is 0 Å². The van der Waals surface area contributed by atoms with Crippen LogP contribution in [-0.4, -0.2) is 40.8 Å². The van der Waals surface area contributed by atoms with Crippen molar-refractivity contribution in [3.05, 3.63) is 23.0 Å². The number of likely N-dealkylation sites (tertiary alicyclic amines) is 1. The third-order valence-corrected chi connectivity index (χ3v) is 3.88. The summed E-state index contributed by atoms with van der Waals surface area (Å²) < 4.78 is 5.44. The van der Waals surface area contributed by atoms with Crippen molar-refractivity contribution in [3.63, 3.8) is 0 Å². The Hall–Kier alpha value is -1.13. The highest BCUT2D eigenvalue weighted by Gasteiger charge is 2.28. The maximum atomic E-state index is 10.2. The van der Waals surface area contributed by atoms with Gasteiger partial charge < -0.3 is 9.84 Å². The maximum Gasteiger partial charge on any atom is 0.128 e. The molecule has 106 valence electrons. The van der Waals surface area contributed by atoms with Gasteiger partial charge in [0.05, 0.1) is 18.4 Å². The van der Waals surface area contributed by atoms with E-state index in [1.807, 2.05) is 20.0 Å². The van der Waals surface area contributed by atoms with Crippen LogP contribution in [0.4, 0.5) is 0 Å². The number of nitrogens with zero attached hydrogens (tertiary/aromatic N) is 2. The standard InChI is InChI=1S/C15H24N2O2/c1-11-8-16-13(12(2)14(11)19-4)9-17-7-5-6-15(3,18)10-17/h8,18H,5-7,9-10H2,1-4H3. The first-order chi connectivity index (χ1) is 8.93. The van der Waals surface area contributed by atoms with Gasteiger partial charge in [0.2, 0.25) is 0 Å². The molecule has 0 amide bonds. The van der Waals surface area contributed by atoms with Crippen LogP contribution in [0.1, 0.15) is 36.6 Å². The summed E-state index contributed by atoms with van der Waals surface area (Å²) in [6.45, 7) is 8.48. The molecule has 1 fully saturated rings. The summed E-state index contributed by atoms with van der Waals surface area (Å²) in [5.74, 6) is 0.925. The highest BCUT2D eigenvalue weighted by Crippen LogP contribution is 2.27. The average Bonchev–Trinajstić information content (AvgIpc) is 2.32. The normalized spacial score (nSPS) is 24.5. The minimum atomic E-state index is -0.569. The molecule has 1 N–H and O–H groups in total. The SMILES string of the molecule is COc1c(C)cnc(CN2CCCC(C)(O)C2)c1C. The molecule has 1 aliphatic rings. The Kier molecular flexibility index (Phi) is 4.11. The predicted molar refractivity (Wildman–Crippen MR) is 75.4 cm³/mol. The van der Waals surface area contributed by atoms with Gasteiger partial charge in [-0.15, -0.1) is 0 Å². The van der Waals surface area contributed by atoms with E-state index in [1.165, 1.54) is 0 Å². The van der Waals surface area contributed by atoms with E-state index in [1.54, 1.807) is 7.11 Å². The average molecular weight is 264 g/mol. The van der Waals surface area contributed by atoms with Gasteiger partial charge in [-0.25, -0.2) is 0 Å². The molecule has 1 atom stereocenters. The fourth-order valence-electron chi connectivity index (χ4n) is 2.90. The third kappa shape index (κ3) is 3.25. The third-order valence-electron chi connectivity index (χ3n) is 3.88. The lowest BCUT2D eigenvalue weighted by atomic mass is 9.95. The number of β-amino-alcohol motifs (C(OH)–C–C–N with tert-alkyl or cyclic N) is 1. The van der Waals surface area contributed by atoms with E-state index >= 15 is 0 Å². The summed E-state index contributed by atoms with van der Waals surface area (Å²) in [5.41, 5.74) is 2.64. The number of hydrogen-bond acceptors (Lipinski definition) is 4. The van der Waals surface area contributed by atoms with Crippen LogP contribution < -0.4 is 4.74 Å². The molecule has 1 aromatic heterocycles. The summed E-state index contributed by atoms with van der Waals surface area (Å²) in [5, 5.41) is 10.2. The number of rotatable bonds is 3. The second kappa shape index (κ2) is 5.47. The maximum absolute atomic E-state index is 10.2. The molecule has 2 rings (SSSR count). The van der Waals surface area contributed by atoms with Crippen molar-refractivity contribution in [3.8, 4) is 5.75 Å². The van der Waals surface area contributed by atoms with E-state index in [0.717, 1.165) is 48.5 Å². The van der Waals surface area contributed by atoms with Crippen molar-refractivity contribution in [1.29, 1.82) is 0 Å². The smallest absolute Gasteiger partial charge is 0.128 e. The zero-order valence-corrected chi connectivity index (χ0v) is 12.4. The van der Waals surface area contributed by atoms with Crippen molar-refractivity contribution in [2.24, 2.45) is 0 Å². The van der Waals surface area contributed by atoms with Crippen LogP contribution in [0.25, 0.3) is 0 Å². The van der Waals surface area contributed by atoms with Gasteiger partial charge in [-0.05, 0) is 40.2 Å². The van der Waals surface area contributed by atoms with E-state index in [0.29, 0.717) is 6.54 Å². The molecule has 4 heteroatoms. The van der Waals surface area contributed by atoms with E-state index in [4.69, 9.17) is 4.74 Å². The van der Waals surface area contributed by atoms with E-state index in [9.17, 15) is 5.11 Å². The molecule has 4 nitrogen and oxygen atoms in total. The molecule has 0 saturated carbocycles. The summed E-state index contributed by atoms with van der Waals surface area (Å²) in [6.07, 6.45) is 3.78. The highest BCUT2D eigenvalue weighted by atomic mass is 16.5. The molecule has 1 saturated heterocycles. The van der Waals surface area contributed by atoms with Crippen LogP contribution in [0.5, 0.6) is 5.75 Å². The number of ether oxygens (including phenoxy) is 1. The zero-order chi connectivity index (χ0) is 14.0. The fraction of sp³-hybridized carbons (Fsp3) is 0.667. The molecule has 2 heterocycles. The Morgan fingerprint density at radius 1 is 1.47 bits per heavy atom. The zero-order valence-electron chi connectivity index (χ0n) is 12.4. The molecule has 0 aromatic carbocycles. The van der Waals surface area contributed by atoms with Crippen molar-refractivity contribution in [1.82, 2.24) is 9.88 Å². The lowest BCUT2D eigenvalue weighted by molar-refractivity contribution is -0.0185. The van der Waals surface area contributed by atoms with E-state index < -0.39 is 5.60 Å². The Morgan fingerprint density at radius 2 is 2.21 bits per heavy atom. The van der Waals surface area contributed by atoms with Gasteiger partial charge in [0.25, 0.3) is 0 Å². The Morgan fingerprint density at radius 3 is 2.84 bits per heavy atom. The van der Waals surface area contributed by atoms with Gasteiger partial charge in [-0.1, -0.05) is 0 Å². The lowest BCUT2D eigenvalue weighted by Crippen LogP contribution is -2.45. The van der Waals surface area contributed by atoms with Gasteiger partial charge in [0.15, 0.2) is 0 Å². The second-order valence-corrected chi connectivity index (χ2v) is 5.86. The van der Waals surface area contributed by atoms with Crippen molar-refractivity contribution in [2.45, 2.75) is 45.8 Å². The van der Waals surface area contributed by atoms with E-state index in [2.05, 4.69) is 16.8 Å². The predicted octanol–water partition coefficient (Wildman–Crippen LogP) is 2.05. The Balaban J connectivity index is 2.15. The van der Waals surface area contributed by atoms with Crippen LogP contribution in [-0.2, 0) is 6.54 Å². The molecule has 0 bridgehead atoms. The van der Waals surface area contributed by atoms with Crippen molar-refractivity contribution >= 4 is 0 Å². The summed E-state index contributed by atoms with van der Waals surface area (Å²) in [6, 6.07) is 0. The van der Waals surface area contributed by atoms with Crippen LogP contribution in [0, 0.1) is 13.8 Å². The largest absolute Gasteiger partial charge is 0.496 e. The Labute approximate surface area is 115 Å². The first-order valence-electron chi connectivity index (χ1n) is 6.87. The fourth-order valence-corrected chi connectivity index (χ4v) is 2.90. The number of aromatic nitrogens is 1. The summed E-state index contributed by atoms with van der Waals surface area (Å²) in [7, 11) is 1.70. The molecular formula is C15H24N2O2. The molecule has 19 heavy (non-hydrogen) atoms. The van der Waals surface area contributed by atoms with Gasteiger partial charge in [0.1, 0.15) is 5.75 Å². The highest BCUT2D eigenvalue weighted by molar-refractivity contribution is 5.41. The van der Waals surface area contributed by atoms with Gasteiger partial charge >= 0.3 is 0 Å². The quantitative estimate of drug-likeness (QED) is 0.907. The molecule has 0 aliphatic carbocycles. The minimum Gasteiger partial charge on any atom is -0.496 e. The number of pyridine rings is 1. The van der Waals surface area contributed by atoms with E-state index in [-0.39, 0.29) is 0 Å². The van der Waals surface area contributed by atoms with Crippen LogP contribution in [0.2, 0.25) is 0 Å². The van der Waals surface area contributed by atoms with Crippen molar-refractivity contribution < 1.29 is 9.84 Å². The van der Waals surface area contributed by atoms with Crippen molar-refractivity contribution in [2.75, 3.05) is 20.2 Å². The number of piperidine rings is 1. The molecule has 1 unspecified atom stereocenters. The van der Waals surface area contributed by atoms with Gasteiger partial charge in [-0.2, -0.15) is 0 Å². The summed E-state index contributed by atoms with van der Waals surface area (Å²) >= 11 is 0. The monoisotopic (exact) mass is 264 g/mol. The first kappa shape index (κ1) is 14.3. The number of aryl methyl sites for hydroxylation is 1. The topological polar surface area (TPSA) is 45.6 Å². The second-order valence-electron chi connectivity index (χ2n) is 5.86. The first-order valence-corrected chi connectivity index (χ1v) is 6.87. The number of aliphatic hydroxyl groups is 1. The molecule has 1 aromatic rings. The summed E-state index contributed by atoms with van der Waals surface area (Å²) in [4.78, 5) is 6.80. The number of methoxy groups -OCH3 is 1. The lowest BCUT2D eigenvalue weighted by Gasteiger charge is -2.36. The molecule has 1 aliphatic heterocycles. The van der Waals surface area contributed by atoms with Crippen LogP contribution in [0.15, 0.2) is 6.20 Å². The minimum absolute atomic E-state index is 0.569.